The molecule has 1 aromatic rings. The van der Waals surface area contributed by atoms with E-state index in [2.05, 4.69) is 9.71 Å². The van der Waals surface area contributed by atoms with Gasteiger partial charge in [-0.15, -0.1) is 0 Å². The third kappa shape index (κ3) is 2.56. The fourth-order valence-electron chi connectivity index (χ4n) is 1.65. The van der Waals surface area contributed by atoms with Crippen molar-refractivity contribution in [1.82, 2.24) is 9.71 Å². The van der Waals surface area contributed by atoms with Crippen LogP contribution in [0, 0.1) is 0 Å². The largest absolute Gasteiger partial charge is 0.477 e. The zero-order valence-corrected chi connectivity index (χ0v) is 9.70. The van der Waals surface area contributed by atoms with Crippen LogP contribution in [0.4, 0.5) is 0 Å². The van der Waals surface area contributed by atoms with Gasteiger partial charge in [-0.25, -0.2) is 17.9 Å². The van der Waals surface area contributed by atoms with Gasteiger partial charge in [-0.3, -0.25) is 0 Å². The molecule has 2 rings (SSSR count). The van der Waals surface area contributed by atoms with E-state index in [9.17, 15) is 13.2 Å². The number of rotatable bonds is 4. The van der Waals surface area contributed by atoms with Crippen LogP contribution in [0.3, 0.4) is 0 Å². The Morgan fingerprint density at radius 1 is 1.41 bits per heavy atom. The van der Waals surface area contributed by atoms with Gasteiger partial charge in [0.1, 0.15) is 10.6 Å². The van der Waals surface area contributed by atoms with E-state index < -0.39 is 16.0 Å². The summed E-state index contributed by atoms with van der Waals surface area (Å²) in [5, 5.41) is 8.69. The molecule has 3 N–H and O–H groups in total. The molecular formula is C10H12N2O4S. The Bertz CT molecular complexity index is 551. The van der Waals surface area contributed by atoms with E-state index in [1.807, 2.05) is 12.2 Å². The number of aromatic nitrogens is 1. The summed E-state index contributed by atoms with van der Waals surface area (Å²) < 4.78 is 26.3. The molecule has 17 heavy (non-hydrogen) atoms. The third-order valence-corrected chi connectivity index (χ3v) is 4.03. The minimum Gasteiger partial charge on any atom is -0.477 e. The highest BCUT2D eigenvalue weighted by molar-refractivity contribution is 7.89. The molecule has 6 nitrogen and oxygen atoms in total. The van der Waals surface area contributed by atoms with E-state index in [0.717, 1.165) is 6.07 Å². The predicted molar refractivity (Wildman–Crippen MR) is 60.2 cm³/mol. The molecule has 1 aliphatic rings. The fourth-order valence-corrected chi connectivity index (χ4v) is 2.91. The molecule has 0 amide bonds. The summed E-state index contributed by atoms with van der Waals surface area (Å²) in [7, 11) is -3.64. The Balaban J connectivity index is 2.16. The van der Waals surface area contributed by atoms with Crippen molar-refractivity contribution in [2.75, 3.05) is 0 Å². The summed E-state index contributed by atoms with van der Waals surface area (Å²) in [6, 6.07) is 0.968. The molecule has 1 aromatic heterocycles. The third-order valence-electron chi connectivity index (χ3n) is 2.53. The van der Waals surface area contributed by atoms with Gasteiger partial charge in [-0.1, -0.05) is 12.2 Å². The standard InChI is InChI=1S/C10H12N2O4S/c13-10(14)9-5-8(6-11-9)17(15,16)12-7-3-1-2-4-7/h1-2,5-7,11-12H,3-4H2,(H,13,14). The lowest BCUT2D eigenvalue weighted by Gasteiger charge is -2.10. The highest BCUT2D eigenvalue weighted by Crippen LogP contribution is 2.15. The lowest BCUT2D eigenvalue weighted by atomic mass is 10.3. The fraction of sp³-hybridized carbons (Fsp3) is 0.300. The summed E-state index contributed by atoms with van der Waals surface area (Å²) in [6.07, 6.45) is 6.32. The van der Waals surface area contributed by atoms with Crippen molar-refractivity contribution >= 4 is 16.0 Å². The zero-order valence-electron chi connectivity index (χ0n) is 8.88. The Morgan fingerprint density at radius 3 is 2.59 bits per heavy atom. The van der Waals surface area contributed by atoms with E-state index in [1.165, 1.54) is 6.20 Å². The minimum absolute atomic E-state index is 0.0539. The molecule has 0 spiro atoms. The Hall–Kier alpha value is -1.60. The first-order chi connectivity index (χ1) is 7.99. The molecule has 0 saturated carbocycles. The number of aromatic carboxylic acids is 1. The van der Waals surface area contributed by atoms with Crippen molar-refractivity contribution in [3.05, 3.63) is 30.1 Å². The van der Waals surface area contributed by atoms with Crippen molar-refractivity contribution in [1.29, 1.82) is 0 Å². The molecule has 0 saturated heterocycles. The van der Waals surface area contributed by atoms with Crippen LogP contribution in [0.25, 0.3) is 0 Å². The maximum Gasteiger partial charge on any atom is 0.352 e. The number of hydrogen-bond donors (Lipinski definition) is 3. The number of nitrogens with one attached hydrogen (secondary N) is 2. The highest BCUT2D eigenvalue weighted by Gasteiger charge is 2.22. The van der Waals surface area contributed by atoms with Gasteiger partial charge >= 0.3 is 5.97 Å². The second kappa shape index (κ2) is 4.34. The van der Waals surface area contributed by atoms with Gasteiger partial charge < -0.3 is 10.1 Å². The van der Waals surface area contributed by atoms with Crippen LogP contribution in [0.5, 0.6) is 0 Å². The van der Waals surface area contributed by atoms with Crippen molar-refractivity contribution in [2.45, 2.75) is 23.8 Å². The number of H-pyrrole nitrogens is 1. The van der Waals surface area contributed by atoms with E-state index >= 15 is 0 Å². The van der Waals surface area contributed by atoms with Crippen LogP contribution >= 0.6 is 0 Å². The van der Waals surface area contributed by atoms with Crippen molar-refractivity contribution in [3.63, 3.8) is 0 Å². The van der Waals surface area contributed by atoms with Crippen LogP contribution in [0.1, 0.15) is 23.3 Å². The molecule has 0 aromatic carbocycles. The second-order valence-electron chi connectivity index (χ2n) is 3.82. The van der Waals surface area contributed by atoms with E-state index in [1.54, 1.807) is 0 Å². The lowest BCUT2D eigenvalue weighted by Crippen LogP contribution is -2.32. The molecular weight excluding hydrogens is 244 g/mol. The maximum absolute atomic E-state index is 11.9. The topological polar surface area (TPSA) is 99.3 Å². The maximum atomic E-state index is 11.9. The Morgan fingerprint density at radius 2 is 2.06 bits per heavy atom. The van der Waals surface area contributed by atoms with Gasteiger partial charge in [0.05, 0.1) is 0 Å². The number of carboxylic acids is 1. The number of aromatic amines is 1. The summed E-state index contributed by atoms with van der Waals surface area (Å²) in [4.78, 5) is 13.0. The van der Waals surface area contributed by atoms with E-state index in [-0.39, 0.29) is 16.6 Å². The molecule has 0 bridgehead atoms. The number of carboxylic acid groups (broad SMARTS) is 1. The van der Waals surface area contributed by atoms with Gasteiger partial charge in [-0.2, -0.15) is 0 Å². The number of carbonyl (C=O) groups is 1. The first-order valence-corrected chi connectivity index (χ1v) is 6.56. The average molecular weight is 256 g/mol. The smallest absolute Gasteiger partial charge is 0.352 e. The summed E-state index contributed by atoms with van der Waals surface area (Å²) in [5.41, 5.74) is -0.144. The summed E-state index contributed by atoms with van der Waals surface area (Å²) in [5.74, 6) is -1.19. The van der Waals surface area contributed by atoms with Gasteiger partial charge in [0, 0.05) is 12.2 Å². The first-order valence-electron chi connectivity index (χ1n) is 5.08. The first kappa shape index (κ1) is 11.9. The van der Waals surface area contributed by atoms with Crippen molar-refractivity contribution in [3.8, 4) is 0 Å². The number of hydrogen-bond acceptors (Lipinski definition) is 3. The summed E-state index contributed by atoms with van der Waals surface area (Å²) in [6.45, 7) is 0. The molecule has 7 heteroatoms. The minimum atomic E-state index is -3.64. The van der Waals surface area contributed by atoms with Crippen LogP contribution in [-0.2, 0) is 10.0 Å². The quantitative estimate of drug-likeness (QED) is 0.691. The predicted octanol–water partition coefficient (Wildman–Crippen LogP) is 0.710. The molecule has 0 aliphatic heterocycles. The van der Waals surface area contributed by atoms with E-state index in [4.69, 9.17) is 5.11 Å². The Labute approximate surface area is 98.4 Å². The SMILES string of the molecule is O=C(O)c1cc(S(=O)(=O)NC2CC=CC2)c[nH]1. The molecule has 0 unspecified atom stereocenters. The van der Waals surface area contributed by atoms with Gasteiger partial charge in [0.2, 0.25) is 10.0 Å². The molecule has 1 aliphatic carbocycles. The van der Waals surface area contributed by atoms with Gasteiger partial charge in [-0.05, 0) is 18.9 Å². The van der Waals surface area contributed by atoms with Crippen molar-refractivity contribution < 1.29 is 18.3 Å². The van der Waals surface area contributed by atoms with E-state index in [0.29, 0.717) is 12.8 Å². The molecule has 0 radical (unpaired) electrons. The van der Waals surface area contributed by atoms with Crippen LogP contribution in [0.15, 0.2) is 29.3 Å². The monoisotopic (exact) mass is 256 g/mol. The zero-order chi connectivity index (χ0) is 12.5. The molecule has 0 atom stereocenters. The second-order valence-corrected chi connectivity index (χ2v) is 5.53. The van der Waals surface area contributed by atoms with Gasteiger partial charge in [0.15, 0.2) is 0 Å². The van der Waals surface area contributed by atoms with Crippen LogP contribution in [-0.4, -0.2) is 30.5 Å². The number of sulfonamides is 1. The van der Waals surface area contributed by atoms with Gasteiger partial charge in [0.25, 0.3) is 0 Å². The summed E-state index contributed by atoms with van der Waals surface area (Å²) >= 11 is 0. The highest BCUT2D eigenvalue weighted by atomic mass is 32.2. The van der Waals surface area contributed by atoms with Crippen molar-refractivity contribution in [2.24, 2.45) is 0 Å². The normalized spacial score (nSPS) is 16.5. The lowest BCUT2D eigenvalue weighted by molar-refractivity contribution is 0.0691. The van der Waals surface area contributed by atoms with Crippen LogP contribution in [0.2, 0.25) is 0 Å². The average Bonchev–Trinajstić information content (AvgIpc) is 2.84. The molecule has 1 heterocycles. The van der Waals surface area contributed by atoms with Crippen LogP contribution < -0.4 is 4.72 Å². The Kier molecular flexibility index (Phi) is 3.03. The molecule has 0 fully saturated rings. The molecule has 92 valence electrons.